The SMILES string of the molecule is CC.CC.CCC(=O)N1CCN(C(c2ccccc2)c2ccccc2)CC1. The summed E-state index contributed by atoms with van der Waals surface area (Å²) in [5, 5.41) is 0. The number of piperazine rings is 1. The Morgan fingerprint density at radius 3 is 1.56 bits per heavy atom. The number of carbonyl (C=O) groups is 1. The fraction of sp³-hybridized carbons (Fsp3) is 0.458. The number of benzene rings is 2. The van der Waals surface area contributed by atoms with Crippen LogP contribution in [0, 0.1) is 0 Å². The molecule has 0 saturated carbocycles. The van der Waals surface area contributed by atoms with Gasteiger partial charge in [0.15, 0.2) is 0 Å². The van der Waals surface area contributed by atoms with Gasteiger partial charge in [0.1, 0.15) is 0 Å². The van der Waals surface area contributed by atoms with Crippen molar-refractivity contribution in [1.82, 2.24) is 9.80 Å². The number of amides is 1. The van der Waals surface area contributed by atoms with Crippen molar-refractivity contribution in [3.05, 3.63) is 71.8 Å². The van der Waals surface area contributed by atoms with E-state index in [1.165, 1.54) is 11.1 Å². The molecule has 1 amide bonds. The maximum Gasteiger partial charge on any atom is 0.222 e. The number of nitrogens with zero attached hydrogens (tertiary/aromatic N) is 2. The maximum absolute atomic E-state index is 11.9. The third kappa shape index (κ3) is 6.51. The van der Waals surface area contributed by atoms with Gasteiger partial charge in [-0.25, -0.2) is 0 Å². The van der Waals surface area contributed by atoms with E-state index in [0.29, 0.717) is 6.42 Å². The summed E-state index contributed by atoms with van der Waals surface area (Å²) in [5.74, 6) is 0.264. The second-order valence-corrected chi connectivity index (χ2v) is 5.99. The Bertz CT molecular complexity index is 580. The molecular formula is C24H36N2O. The van der Waals surface area contributed by atoms with Crippen molar-refractivity contribution in [3.63, 3.8) is 0 Å². The highest BCUT2D eigenvalue weighted by molar-refractivity contribution is 5.75. The molecule has 1 heterocycles. The van der Waals surface area contributed by atoms with Crippen LogP contribution in [0.15, 0.2) is 60.7 Å². The summed E-state index contributed by atoms with van der Waals surface area (Å²) < 4.78 is 0. The monoisotopic (exact) mass is 368 g/mol. The van der Waals surface area contributed by atoms with Gasteiger partial charge in [0.25, 0.3) is 0 Å². The molecule has 0 bridgehead atoms. The van der Waals surface area contributed by atoms with E-state index in [9.17, 15) is 4.79 Å². The van der Waals surface area contributed by atoms with Crippen molar-refractivity contribution in [2.75, 3.05) is 26.2 Å². The van der Waals surface area contributed by atoms with E-state index < -0.39 is 0 Å². The topological polar surface area (TPSA) is 23.6 Å². The van der Waals surface area contributed by atoms with E-state index in [-0.39, 0.29) is 11.9 Å². The summed E-state index contributed by atoms with van der Waals surface area (Å²) in [5.41, 5.74) is 2.63. The van der Waals surface area contributed by atoms with Crippen molar-refractivity contribution in [2.45, 2.75) is 47.1 Å². The molecule has 1 fully saturated rings. The smallest absolute Gasteiger partial charge is 0.222 e. The van der Waals surface area contributed by atoms with Crippen molar-refractivity contribution < 1.29 is 4.79 Å². The van der Waals surface area contributed by atoms with Crippen molar-refractivity contribution in [2.24, 2.45) is 0 Å². The van der Waals surface area contributed by atoms with Gasteiger partial charge >= 0.3 is 0 Å². The molecule has 0 aliphatic carbocycles. The van der Waals surface area contributed by atoms with Crippen LogP contribution in [0.2, 0.25) is 0 Å². The number of carbonyl (C=O) groups excluding carboxylic acids is 1. The van der Waals surface area contributed by atoms with E-state index in [4.69, 9.17) is 0 Å². The fourth-order valence-corrected chi connectivity index (χ4v) is 3.34. The third-order valence-corrected chi connectivity index (χ3v) is 4.57. The average Bonchev–Trinajstić information content (AvgIpc) is 2.78. The molecule has 0 radical (unpaired) electrons. The van der Waals surface area contributed by atoms with E-state index in [2.05, 4.69) is 65.6 Å². The summed E-state index contributed by atoms with van der Waals surface area (Å²) in [6.07, 6.45) is 0.598. The summed E-state index contributed by atoms with van der Waals surface area (Å²) in [4.78, 5) is 16.4. The first-order chi connectivity index (χ1) is 13.3. The molecule has 3 heteroatoms. The first-order valence-electron chi connectivity index (χ1n) is 10.4. The lowest BCUT2D eigenvalue weighted by molar-refractivity contribution is -0.132. The quantitative estimate of drug-likeness (QED) is 0.723. The summed E-state index contributed by atoms with van der Waals surface area (Å²) >= 11 is 0. The van der Waals surface area contributed by atoms with Crippen LogP contribution >= 0.6 is 0 Å². The van der Waals surface area contributed by atoms with Gasteiger partial charge in [-0.1, -0.05) is 95.3 Å². The largest absolute Gasteiger partial charge is 0.340 e. The van der Waals surface area contributed by atoms with Gasteiger partial charge in [0.2, 0.25) is 5.91 Å². The molecule has 3 rings (SSSR count). The Morgan fingerprint density at radius 2 is 1.19 bits per heavy atom. The Labute approximate surface area is 166 Å². The highest BCUT2D eigenvalue weighted by Gasteiger charge is 2.27. The second kappa shape index (κ2) is 13.1. The normalized spacial score (nSPS) is 13.9. The van der Waals surface area contributed by atoms with Crippen LogP contribution in [0.5, 0.6) is 0 Å². The van der Waals surface area contributed by atoms with Crippen molar-refractivity contribution in [1.29, 1.82) is 0 Å². The molecule has 27 heavy (non-hydrogen) atoms. The molecule has 0 N–H and O–H groups in total. The lowest BCUT2D eigenvalue weighted by Gasteiger charge is -2.39. The Kier molecular flexibility index (Phi) is 11.1. The fourth-order valence-electron chi connectivity index (χ4n) is 3.34. The van der Waals surface area contributed by atoms with Crippen LogP contribution in [-0.2, 0) is 4.79 Å². The van der Waals surface area contributed by atoms with Crippen LogP contribution in [0.1, 0.15) is 58.2 Å². The van der Waals surface area contributed by atoms with Crippen LogP contribution in [0.3, 0.4) is 0 Å². The zero-order valence-corrected chi connectivity index (χ0v) is 17.7. The maximum atomic E-state index is 11.9. The molecule has 2 aromatic rings. The summed E-state index contributed by atoms with van der Waals surface area (Å²) in [7, 11) is 0. The molecule has 1 aliphatic heterocycles. The minimum absolute atomic E-state index is 0.260. The lowest BCUT2D eigenvalue weighted by atomic mass is 9.96. The molecule has 3 nitrogen and oxygen atoms in total. The molecule has 0 atom stereocenters. The summed E-state index contributed by atoms with van der Waals surface area (Å²) in [6, 6.07) is 21.6. The highest BCUT2D eigenvalue weighted by atomic mass is 16.2. The number of rotatable bonds is 4. The standard InChI is InChI=1S/C20H24N2O.2C2H6/c1-2-19(23)21-13-15-22(16-14-21)20(17-9-5-3-6-10-17)18-11-7-4-8-12-18;2*1-2/h3-12,20H,2,13-16H2,1H3;2*1-2H3. The Morgan fingerprint density at radius 1 is 0.778 bits per heavy atom. The second-order valence-electron chi connectivity index (χ2n) is 5.99. The van der Waals surface area contributed by atoms with Gasteiger partial charge in [-0.2, -0.15) is 0 Å². The predicted octanol–water partition coefficient (Wildman–Crippen LogP) is 5.38. The minimum atomic E-state index is 0.260. The number of hydrogen-bond acceptors (Lipinski definition) is 2. The molecule has 0 unspecified atom stereocenters. The van der Waals surface area contributed by atoms with Crippen molar-refractivity contribution in [3.8, 4) is 0 Å². The van der Waals surface area contributed by atoms with E-state index in [1.807, 2.05) is 39.5 Å². The van der Waals surface area contributed by atoms with E-state index >= 15 is 0 Å². The minimum Gasteiger partial charge on any atom is -0.340 e. The Balaban J connectivity index is 0.000000855. The van der Waals surface area contributed by atoms with E-state index in [0.717, 1.165) is 26.2 Å². The Hall–Kier alpha value is -2.13. The molecule has 148 valence electrons. The third-order valence-electron chi connectivity index (χ3n) is 4.57. The van der Waals surface area contributed by atoms with Gasteiger partial charge in [0, 0.05) is 32.6 Å². The van der Waals surface area contributed by atoms with Gasteiger partial charge in [-0.05, 0) is 11.1 Å². The molecule has 0 aromatic heterocycles. The summed E-state index contributed by atoms with van der Waals surface area (Å²) in [6.45, 7) is 13.4. The number of hydrogen-bond donors (Lipinski definition) is 0. The zero-order chi connectivity index (χ0) is 20.1. The molecular weight excluding hydrogens is 332 g/mol. The van der Waals surface area contributed by atoms with E-state index in [1.54, 1.807) is 0 Å². The first kappa shape index (κ1) is 22.9. The van der Waals surface area contributed by atoms with Crippen LogP contribution in [-0.4, -0.2) is 41.9 Å². The highest BCUT2D eigenvalue weighted by Crippen LogP contribution is 2.29. The van der Waals surface area contributed by atoms with Gasteiger partial charge < -0.3 is 4.90 Å². The first-order valence-corrected chi connectivity index (χ1v) is 10.4. The van der Waals surface area contributed by atoms with Crippen LogP contribution in [0.4, 0.5) is 0 Å². The zero-order valence-electron chi connectivity index (χ0n) is 17.7. The predicted molar refractivity (Wildman–Crippen MR) is 116 cm³/mol. The molecule has 1 aliphatic rings. The molecule has 1 saturated heterocycles. The molecule has 2 aromatic carbocycles. The van der Waals surface area contributed by atoms with Gasteiger partial charge in [-0.3, -0.25) is 9.69 Å². The molecule has 0 spiro atoms. The van der Waals surface area contributed by atoms with Crippen LogP contribution < -0.4 is 0 Å². The van der Waals surface area contributed by atoms with Crippen molar-refractivity contribution >= 4 is 5.91 Å². The average molecular weight is 369 g/mol. The van der Waals surface area contributed by atoms with Gasteiger partial charge in [0.05, 0.1) is 6.04 Å². The van der Waals surface area contributed by atoms with Crippen LogP contribution in [0.25, 0.3) is 0 Å². The lowest BCUT2D eigenvalue weighted by Crippen LogP contribution is -2.49. The van der Waals surface area contributed by atoms with Gasteiger partial charge in [-0.15, -0.1) is 0 Å².